The monoisotopic (exact) mass is 299 g/mol. The van der Waals surface area contributed by atoms with Gasteiger partial charge >= 0.3 is 0 Å². The molecule has 1 aromatic carbocycles. The van der Waals surface area contributed by atoms with Crippen molar-refractivity contribution < 1.29 is 4.74 Å². The van der Waals surface area contributed by atoms with Crippen molar-refractivity contribution >= 4 is 23.2 Å². The Morgan fingerprint density at radius 1 is 1.32 bits per heavy atom. The smallest absolute Gasteiger partial charge is 0.110 e. The zero-order chi connectivity index (χ0) is 13.8. The van der Waals surface area contributed by atoms with Crippen molar-refractivity contribution in [1.82, 2.24) is 4.90 Å². The Morgan fingerprint density at radius 3 is 2.63 bits per heavy atom. The standard InChI is InChI=1S/C15H19Cl2NO/c1-9(2)18-10(3)15(7-12(18)8-19-15)11-4-5-13(16)14(17)6-11/h4-6,9-10,12H,7-8H2,1-3H3. The molecule has 2 bridgehead atoms. The molecule has 1 aromatic rings. The van der Waals surface area contributed by atoms with Crippen LogP contribution in [0.2, 0.25) is 10.0 Å². The van der Waals surface area contributed by atoms with Gasteiger partial charge in [-0.15, -0.1) is 0 Å². The molecule has 2 aliphatic heterocycles. The van der Waals surface area contributed by atoms with E-state index in [-0.39, 0.29) is 5.60 Å². The highest BCUT2D eigenvalue weighted by Gasteiger charge is 2.57. The highest BCUT2D eigenvalue weighted by atomic mass is 35.5. The molecule has 2 nitrogen and oxygen atoms in total. The highest BCUT2D eigenvalue weighted by molar-refractivity contribution is 6.42. The van der Waals surface area contributed by atoms with Gasteiger partial charge in [0.05, 0.1) is 16.7 Å². The summed E-state index contributed by atoms with van der Waals surface area (Å²) in [4.78, 5) is 2.56. The third-order valence-electron chi connectivity index (χ3n) is 4.62. The summed E-state index contributed by atoms with van der Waals surface area (Å²) in [5.74, 6) is 0. The molecular weight excluding hydrogens is 281 g/mol. The maximum Gasteiger partial charge on any atom is 0.110 e. The number of fused-ring (bicyclic) bond motifs is 2. The van der Waals surface area contributed by atoms with Crippen molar-refractivity contribution in [1.29, 1.82) is 0 Å². The summed E-state index contributed by atoms with van der Waals surface area (Å²) in [6.07, 6.45) is 1.05. The fourth-order valence-corrected chi connectivity index (χ4v) is 4.12. The Kier molecular flexibility index (Phi) is 3.33. The van der Waals surface area contributed by atoms with Gasteiger partial charge in [0.1, 0.15) is 5.60 Å². The Bertz CT molecular complexity index is 505. The van der Waals surface area contributed by atoms with Crippen molar-refractivity contribution in [3.63, 3.8) is 0 Å². The molecule has 0 spiro atoms. The van der Waals surface area contributed by atoms with Gasteiger partial charge in [0.15, 0.2) is 0 Å². The lowest BCUT2D eigenvalue weighted by atomic mass is 9.87. The molecule has 104 valence electrons. The molecule has 3 atom stereocenters. The Labute approximate surface area is 124 Å². The maximum absolute atomic E-state index is 6.17. The minimum atomic E-state index is -0.219. The van der Waals surface area contributed by atoms with E-state index in [2.05, 4.69) is 31.7 Å². The first-order valence-corrected chi connectivity index (χ1v) is 7.58. The molecule has 0 N–H and O–H groups in total. The fourth-order valence-electron chi connectivity index (χ4n) is 3.82. The number of morpholine rings is 1. The summed E-state index contributed by atoms with van der Waals surface area (Å²) in [7, 11) is 0. The maximum atomic E-state index is 6.17. The average molecular weight is 300 g/mol. The van der Waals surface area contributed by atoms with E-state index in [1.54, 1.807) is 0 Å². The molecule has 2 saturated heterocycles. The lowest BCUT2D eigenvalue weighted by molar-refractivity contribution is -0.0933. The molecule has 3 unspecified atom stereocenters. The van der Waals surface area contributed by atoms with E-state index in [1.165, 1.54) is 0 Å². The van der Waals surface area contributed by atoms with E-state index in [9.17, 15) is 0 Å². The van der Waals surface area contributed by atoms with Crippen LogP contribution in [0.15, 0.2) is 18.2 Å². The van der Waals surface area contributed by atoms with Gasteiger partial charge in [0.25, 0.3) is 0 Å². The summed E-state index contributed by atoms with van der Waals surface area (Å²) < 4.78 is 6.17. The van der Waals surface area contributed by atoms with Gasteiger partial charge in [0, 0.05) is 18.1 Å². The van der Waals surface area contributed by atoms with Crippen molar-refractivity contribution in [3.8, 4) is 0 Å². The third kappa shape index (κ3) is 1.92. The predicted molar refractivity (Wildman–Crippen MR) is 78.9 cm³/mol. The van der Waals surface area contributed by atoms with Gasteiger partial charge in [-0.1, -0.05) is 29.3 Å². The quantitative estimate of drug-likeness (QED) is 0.815. The lowest BCUT2D eigenvalue weighted by Crippen LogP contribution is -2.51. The fraction of sp³-hybridized carbons (Fsp3) is 0.600. The van der Waals surface area contributed by atoms with Crippen LogP contribution in [-0.4, -0.2) is 29.6 Å². The molecule has 19 heavy (non-hydrogen) atoms. The van der Waals surface area contributed by atoms with E-state index >= 15 is 0 Å². The number of ether oxygens (including phenoxy) is 1. The Hall–Kier alpha value is -0.280. The van der Waals surface area contributed by atoms with Crippen LogP contribution in [0.25, 0.3) is 0 Å². The first kappa shape index (κ1) is 13.7. The van der Waals surface area contributed by atoms with E-state index in [0.717, 1.165) is 18.6 Å². The van der Waals surface area contributed by atoms with Crippen LogP contribution < -0.4 is 0 Å². The number of rotatable bonds is 2. The van der Waals surface area contributed by atoms with Crippen molar-refractivity contribution in [2.75, 3.05) is 6.61 Å². The molecule has 2 heterocycles. The van der Waals surface area contributed by atoms with Gasteiger partial charge < -0.3 is 4.74 Å². The Balaban J connectivity index is 2.01. The van der Waals surface area contributed by atoms with Gasteiger partial charge in [-0.05, 0) is 44.9 Å². The van der Waals surface area contributed by atoms with Crippen LogP contribution in [-0.2, 0) is 10.3 Å². The molecule has 2 aliphatic rings. The normalized spacial score (nSPS) is 34.4. The summed E-state index contributed by atoms with van der Waals surface area (Å²) in [5.41, 5.74) is 0.934. The first-order chi connectivity index (χ1) is 8.95. The second-order valence-corrected chi connectivity index (χ2v) is 6.72. The zero-order valence-corrected chi connectivity index (χ0v) is 13.0. The van der Waals surface area contributed by atoms with E-state index in [1.807, 2.05) is 12.1 Å². The summed E-state index contributed by atoms with van der Waals surface area (Å²) in [6, 6.07) is 7.31. The highest BCUT2D eigenvalue weighted by Crippen LogP contribution is 2.50. The van der Waals surface area contributed by atoms with Crippen molar-refractivity contribution in [2.24, 2.45) is 0 Å². The average Bonchev–Trinajstić information content (AvgIpc) is 2.89. The number of hydrogen-bond donors (Lipinski definition) is 0. The SMILES string of the molecule is CC(C)N1C2COC(c3ccc(Cl)c(Cl)c3)(C2)C1C. The Morgan fingerprint density at radius 2 is 2.05 bits per heavy atom. The van der Waals surface area contributed by atoms with Gasteiger partial charge in [-0.3, -0.25) is 4.90 Å². The van der Waals surface area contributed by atoms with E-state index < -0.39 is 0 Å². The lowest BCUT2D eigenvalue weighted by Gasteiger charge is -2.42. The molecule has 0 aliphatic carbocycles. The van der Waals surface area contributed by atoms with E-state index in [4.69, 9.17) is 27.9 Å². The van der Waals surface area contributed by atoms with Gasteiger partial charge in [-0.25, -0.2) is 0 Å². The minimum Gasteiger partial charge on any atom is -0.367 e. The van der Waals surface area contributed by atoms with Crippen LogP contribution in [0, 0.1) is 0 Å². The van der Waals surface area contributed by atoms with Crippen LogP contribution in [0.4, 0.5) is 0 Å². The number of benzene rings is 1. The van der Waals surface area contributed by atoms with Crippen LogP contribution in [0.1, 0.15) is 32.8 Å². The molecule has 3 rings (SSSR count). The second kappa shape index (κ2) is 4.63. The van der Waals surface area contributed by atoms with Gasteiger partial charge in [-0.2, -0.15) is 0 Å². The predicted octanol–water partition coefficient (Wildman–Crippen LogP) is 4.09. The largest absolute Gasteiger partial charge is 0.367 e. The number of hydrogen-bond acceptors (Lipinski definition) is 2. The third-order valence-corrected chi connectivity index (χ3v) is 5.36. The topological polar surface area (TPSA) is 12.5 Å². The van der Waals surface area contributed by atoms with E-state index in [0.29, 0.717) is 28.2 Å². The minimum absolute atomic E-state index is 0.219. The van der Waals surface area contributed by atoms with Crippen LogP contribution >= 0.6 is 23.2 Å². The molecule has 0 saturated carbocycles. The van der Waals surface area contributed by atoms with Crippen LogP contribution in [0.5, 0.6) is 0 Å². The summed E-state index contributed by atoms with van der Waals surface area (Å²) in [5, 5.41) is 1.21. The van der Waals surface area contributed by atoms with Crippen LogP contribution in [0.3, 0.4) is 0 Å². The summed E-state index contributed by atoms with van der Waals surface area (Å²) in [6.45, 7) is 7.56. The molecule has 0 radical (unpaired) electrons. The number of likely N-dealkylation sites (tertiary alicyclic amines) is 1. The molecule has 0 aromatic heterocycles. The van der Waals surface area contributed by atoms with Crippen molar-refractivity contribution in [3.05, 3.63) is 33.8 Å². The second-order valence-electron chi connectivity index (χ2n) is 5.90. The molecule has 4 heteroatoms. The number of halogens is 2. The molecular formula is C15H19Cl2NO. The number of nitrogens with zero attached hydrogens (tertiary/aromatic N) is 1. The summed E-state index contributed by atoms with van der Waals surface area (Å²) >= 11 is 12.2. The van der Waals surface area contributed by atoms with Crippen molar-refractivity contribution in [2.45, 2.75) is 50.9 Å². The zero-order valence-electron chi connectivity index (χ0n) is 11.5. The molecule has 2 fully saturated rings. The molecule has 0 amide bonds. The first-order valence-electron chi connectivity index (χ1n) is 6.82. The van der Waals surface area contributed by atoms with Gasteiger partial charge in [0.2, 0.25) is 0 Å².